The van der Waals surface area contributed by atoms with Crippen molar-refractivity contribution in [3.63, 3.8) is 0 Å². The van der Waals surface area contributed by atoms with E-state index < -0.39 is 0 Å². The van der Waals surface area contributed by atoms with Gasteiger partial charge in [0.1, 0.15) is 5.75 Å². The number of esters is 1. The van der Waals surface area contributed by atoms with Crippen LogP contribution in [0.1, 0.15) is 31.2 Å². The first-order valence-electron chi connectivity index (χ1n) is 5.03. The molecule has 1 aromatic carbocycles. The molecular weight excluding hydrogens is 192 g/mol. The predicted octanol–water partition coefficient (Wildman–Crippen LogP) is 2.45. The lowest BCUT2D eigenvalue weighted by molar-refractivity contribution is -0.141. The highest BCUT2D eigenvalue weighted by Crippen LogP contribution is 2.26. The highest BCUT2D eigenvalue weighted by Gasteiger charge is 2.14. The molecule has 1 aromatic rings. The first-order valence-corrected chi connectivity index (χ1v) is 5.03. The molecule has 3 heteroatoms. The van der Waals surface area contributed by atoms with Crippen molar-refractivity contribution in [2.75, 3.05) is 7.11 Å². The number of carbonyl (C=O) groups is 1. The molecule has 0 aromatic heterocycles. The number of methoxy groups -OCH3 is 1. The van der Waals surface area contributed by atoms with Gasteiger partial charge in [-0.1, -0.05) is 19.1 Å². The molecule has 15 heavy (non-hydrogen) atoms. The lowest BCUT2D eigenvalue weighted by atomic mass is 9.93. The van der Waals surface area contributed by atoms with E-state index in [0.29, 0.717) is 6.42 Å². The summed E-state index contributed by atoms with van der Waals surface area (Å²) in [7, 11) is 1.39. The van der Waals surface area contributed by atoms with Crippen molar-refractivity contribution >= 4 is 5.97 Å². The number of ether oxygens (including phenoxy) is 1. The third kappa shape index (κ3) is 3.27. The van der Waals surface area contributed by atoms with Crippen LogP contribution in [0.4, 0.5) is 0 Å². The summed E-state index contributed by atoms with van der Waals surface area (Å²) in [5.41, 5.74) is 0.975. The third-order valence-corrected chi connectivity index (χ3v) is 2.48. The molecule has 0 fully saturated rings. The van der Waals surface area contributed by atoms with E-state index in [0.717, 1.165) is 12.0 Å². The van der Waals surface area contributed by atoms with Crippen molar-refractivity contribution in [1.82, 2.24) is 0 Å². The topological polar surface area (TPSA) is 46.5 Å². The van der Waals surface area contributed by atoms with E-state index in [4.69, 9.17) is 0 Å². The summed E-state index contributed by atoms with van der Waals surface area (Å²) in [6.07, 6.45) is 1.20. The number of rotatable bonds is 4. The van der Waals surface area contributed by atoms with Crippen LogP contribution in [0.5, 0.6) is 5.75 Å². The molecule has 0 radical (unpaired) electrons. The van der Waals surface area contributed by atoms with Gasteiger partial charge < -0.3 is 9.84 Å². The Kier molecular flexibility index (Phi) is 4.16. The maximum atomic E-state index is 11.2. The molecular formula is C12H16O3. The summed E-state index contributed by atoms with van der Waals surface area (Å²) >= 11 is 0. The number of carbonyl (C=O) groups excluding carboxylic acids is 1. The number of benzene rings is 1. The standard InChI is InChI=1S/C12H16O3/c1-3-9(8-12(14)15-2)10-5-4-6-11(13)7-10/h4-7,9,13H,3,8H2,1-2H3/t9-/m0/s1. The van der Waals surface area contributed by atoms with Crippen LogP contribution in [-0.4, -0.2) is 18.2 Å². The molecule has 0 saturated heterocycles. The molecule has 0 bridgehead atoms. The van der Waals surface area contributed by atoms with Gasteiger partial charge in [0, 0.05) is 0 Å². The van der Waals surface area contributed by atoms with Crippen molar-refractivity contribution in [3.05, 3.63) is 29.8 Å². The molecule has 0 aliphatic rings. The SMILES string of the molecule is CC[C@@H](CC(=O)OC)c1cccc(O)c1. The van der Waals surface area contributed by atoms with Crippen LogP contribution in [0.3, 0.4) is 0 Å². The first-order chi connectivity index (χ1) is 7.17. The van der Waals surface area contributed by atoms with Crippen LogP contribution < -0.4 is 0 Å². The Bertz CT molecular complexity index is 333. The molecule has 0 heterocycles. The molecule has 82 valence electrons. The van der Waals surface area contributed by atoms with E-state index in [1.807, 2.05) is 13.0 Å². The molecule has 1 rings (SSSR count). The molecule has 0 aliphatic heterocycles. The Morgan fingerprint density at radius 1 is 1.53 bits per heavy atom. The van der Waals surface area contributed by atoms with Crippen LogP contribution in [0.25, 0.3) is 0 Å². The zero-order valence-corrected chi connectivity index (χ0v) is 9.06. The van der Waals surface area contributed by atoms with Gasteiger partial charge in [-0.15, -0.1) is 0 Å². The molecule has 0 aliphatic carbocycles. The Hall–Kier alpha value is -1.51. The quantitative estimate of drug-likeness (QED) is 0.773. The zero-order chi connectivity index (χ0) is 11.3. The first kappa shape index (κ1) is 11.6. The van der Waals surface area contributed by atoms with Gasteiger partial charge >= 0.3 is 5.97 Å². The summed E-state index contributed by atoms with van der Waals surface area (Å²) in [6.45, 7) is 2.01. The van der Waals surface area contributed by atoms with Gasteiger partial charge in [0.25, 0.3) is 0 Å². The number of hydrogen-bond donors (Lipinski definition) is 1. The average Bonchev–Trinajstić information content (AvgIpc) is 2.25. The number of phenolic OH excluding ortho intramolecular Hbond substituents is 1. The van der Waals surface area contributed by atoms with Crippen molar-refractivity contribution in [1.29, 1.82) is 0 Å². The molecule has 1 atom stereocenters. The second-order valence-corrected chi connectivity index (χ2v) is 3.48. The van der Waals surface area contributed by atoms with Crippen molar-refractivity contribution in [3.8, 4) is 5.75 Å². The van der Waals surface area contributed by atoms with Gasteiger partial charge in [0.05, 0.1) is 13.5 Å². The van der Waals surface area contributed by atoms with Gasteiger partial charge in [-0.25, -0.2) is 0 Å². The van der Waals surface area contributed by atoms with Gasteiger partial charge in [-0.3, -0.25) is 4.79 Å². The van der Waals surface area contributed by atoms with Crippen LogP contribution in [0.2, 0.25) is 0 Å². The highest BCUT2D eigenvalue weighted by molar-refractivity contribution is 5.70. The summed E-state index contributed by atoms with van der Waals surface area (Å²) in [5, 5.41) is 9.33. The smallest absolute Gasteiger partial charge is 0.306 e. The van der Waals surface area contributed by atoms with Crippen LogP contribution in [0.15, 0.2) is 24.3 Å². The Morgan fingerprint density at radius 2 is 2.27 bits per heavy atom. The summed E-state index contributed by atoms with van der Waals surface area (Å²) < 4.78 is 4.63. The van der Waals surface area contributed by atoms with E-state index >= 15 is 0 Å². The van der Waals surface area contributed by atoms with Crippen LogP contribution in [-0.2, 0) is 9.53 Å². The fourth-order valence-corrected chi connectivity index (χ4v) is 1.56. The lowest BCUT2D eigenvalue weighted by Gasteiger charge is -2.13. The monoisotopic (exact) mass is 208 g/mol. The highest BCUT2D eigenvalue weighted by atomic mass is 16.5. The Morgan fingerprint density at radius 3 is 2.80 bits per heavy atom. The van der Waals surface area contributed by atoms with E-state index in [1.54, 1.807) is 18.2 Å². The Balaban J connectivity index is 2.78. The molecule has 0 unspecified atom stereocenters. The minimum atomic E-state index is -0.217. The second-order valence-electron chi connectivity index (χ2n) is 3.48. The minimum Gasteiger partial charge on any atom is -0.508 e. The second kappa shape index (κ2) is 5.39. The maximum Gasteiger partial charge on any atom is 0.306 e. The molecule has 1 N–H and O–H groups in total. The summed E-state index contributed by atoms with van der Waals surface area (Å²) in [4.78, 5) is 11.2. The largest absolute Gasteiger partial charge is 0.508 e. The molecule has 0 saturated carbocycles. The zero-order valence-electron chi connectivity index (χ0n) is 9.06. The van der Waals surface area contributed by atoms with Crippen molar-refractivity contribution in [2.24, 2.45) is 0 Å². The molecule has 0 spiro atoms. The number of phenols is 1. The Labute approximate surface area is 89.7 Å². The van der Waals surface area contributed by atoms with E-state index in [2.05, 4.69) is 4.74 Å². The van der Waals surface area contributed by atoms with Crippen molar-refractivity contribution < 1.29 is 14.6 Å². The molecule has 0 amide bonds. The van der Waals surface area contributed by atoms with Gasteiger partial charge in [-0.2, -0.15) is 0 Å². The van der Waals surface area contributed by atoms with Crippen molar-refractivity contribution in [2.45, 2.75) is 25.7 Å². The third-order valence-electron chi connectivity index (χ3n) is 2.48. The average molecular weight is 208 g/mol. The van der Waals surface area contributed by atoms with Gasteiger partial charge in [-0.05, 0) is 30.0 Å². The predicted molar refractivity (Wildman–Crippen MR) is 57.8 cm³/mol. The maximum absolute atomic E-state index is 11.2. The summed E-state index contributed by atoms with van der Waals surface area (Å²) in [5.74, 6) is 0.130. The van der Waals surface area contributed by atoms with E-state index in [1.165, 1.54) is 7.11 Å². The fourth-order valence-electron chi connectivity index (χ4n) is 1.56. The van der Waals surface area contributed by atoms with Crippen LogP contribution >= 0.6 is 0 Å². The van der Waals surface area contributed by atoms with Gasteiger partial charge in [0.15, 0.2) is 0 Å². The van der Waals surface area contributed by atoms with E-state index in [9.17, 15) is 9.90 Å². The number of aromatic hydroxyl groups is 1. The lowest BCUT2D eigenvalue weighted by Crippen LogP contribution is -2.07. The normalized spacial score (nSPS) is 12.1. The van der Waals surface area contributed by atoms with Crippen LogP contribution in [0, 0.1) is 0 Å². The summed E-state index contributed by atoms with van der Waals surface area (Å²) in [6, 6.07) is 7.01. The molecule has 3 nitrogen and oxygen atoms in total. The minimum absolute atomic E-state index is 0.115. The number of hydrogen-bond acceptors (Lipinski definition) is 3. The fraction of sp³-hybridized carbons (Fsp3) is 0.417. The van der Waals surface area contributed by atoms with E-state index in [-0.39, 0.29) is 17.6 Å². The van der Waals surface area contributed by atoms with Gasteiger partial charge in [0.2, 0.25) is 0 Å².